The molecule has 1 aromatic heterocycles. The molecule has 0 saturated heterocycles. The van der Waals surface area contributed by atoms with Gasteiger partial charge in [0.2, 0.25) is 0 Å². The summed E-state index contributed by atoms with van der Waals surface area (Å²) in [5.74, 6) is 0.341. The van der Waals surface area contributed by atoms with Crippen LogP contribution in [-0.4, -0.2) is 9.67 Å². The third-order valence-corrected chi connectivity index (χ3v) is 4.32. The summed E-state index contributed by atoms with van der Waals surface area (Å²) in [7, 11) is 2.04. The van der Waals surface area contributed by atoms with Crippen LogP contribution in [-0.2, 0) is 12.6 Å². The lowest BCUT2D eigenvalue weighted by molar-refractivity contribution is 0.290. The molecule has 1 aliphatic carbocycles. The van der Waals surface area contributed by atoms with Crippen LogP contribution >= 0.6 is 0 Å². The van der Waals surface area contributed by atoms with E-state index in [-0.39, 0.29) is 5.54 Å². The van der Waals surface area contributed by atoms with E-state index >= 15 is 0 Å². The number of aromatic hydroxyl groups is 1. The van der Waals surface area contributed by atoms with E-state index in [1.807, 2.05) is 19.2 Å². The Morgan fingerprint density at radius 3 is 2.61 bits per heavy atom. The van der Waals surface area contributed by atoms with Crippen molar-refractivity contribution in [2.24, 2.45) is 12.8 Å². The molecule has 3 N–H and O–H groups in total. The third-order valence-electron chi connectivity index (χ3n) is 4.32. The van der Waals surface area contributed by atoms with Crippen LogP contribution in [0.25, 0.3) is 10.9 Å². The highest BCUT2D eigenvalue weighted by Crippen LogP contribution is 2.38. The summed E-state index contributed by atoms with van der Waals surface area (Å²) >= 11 is 0. The minimum Gasteiger partial charge on any atom is -0.507 e. The first-order valence-corrected chi connectivity index (χ1v) is 6.69. The fourth-order valence-corrected chi connectivity index (χ4v) is 3.26. The Bertz CT molecular complexity index is 579. The van der Waals surface area contributed by atoms with E-state index in [1.165, 1.54) is 19.3 Å². The van der Waals surface area contributed by atoms with Crippen molar-refractivity contribution >= 4 is 10.9 Å². The molecule has 96 valence electrons. The normalized spacial score (nSPS) is 19.2. The highest BCUT2D eigenvalue weighted by atomic mass is 16.3. The average molecular weight is 244 g/mol. The second-order valence-corrected chi connectivity index (χ2v) is 5.52. The minimum absolute atomic E-state index is 0.224. The van der Waals surface area contributed by atoms with Crippen molar-refractivity contribution < 1.29 is 5.11 Å². The molecule has 0 aliphatic heterocycles. The second kappa shape index (κ2) is 4.02. The van der Waals surface area contributed by atoms with E-state index in [0.717, 1.165) is 29.4 Å². The van der Waals surface area contributed by atoms with Gasteiger partial charge in [-0.1, -0.05) is 25.3 Å². The van der Waals surface area contributed by atoms with Gasteiger partial charge >= 0.3 is 0 Å². The second-order valence-electron chi connectivity index (χ2n) is 5.52. The lowest BCUT2D eigenvalue weighted by Crippen LogP contribution is -2.40. The summed E-state index contributed by atoms with van der Waals surface area (Å²) in [6.07, 6.45) is 5.76. The largest absolute Gasteiger partial charge is 0.507 e. The van der Waals surface area contributed by atoms with Crippen molar-refractivity contribution in [2.45, 2.75) is 37.6 Å². The molecule has 1 heterocycles. The molecule has 1 saturated carbocycles. The first kappa shape index (κ1) is 11.6. The molecule has 1 aromatic carbocycles. The van der Waals surface area contributed by atoms with Crippen molar-refractivity contribution in [3.63, 3.8) is 0 Å². The van der Waals surface area contributed by atoms with Gasteiger partial charge in [0.1, 0.15) is 5.75 Å². The summed E-state index contributed by atoms with van der Waals surface area (Å²) in [4.78, 5) is 0. The van der Waals surface area contributed by atoms with Gasteiger partial charge in [-0.2, -0.15) is 0 Å². The van der Waals surface area contributed by atoms with Crippen molar-refractivity contribution in [1.29, 1.82) is 0 Å². The van der Waals surface area contributed by atoms with Crippen molar-refractivity contribution in [3.8, 4) is 5.75 Å². The van der Waals surface area contributed by atoms with Crippen LogP contribution in [0.1, 0.15) is 37.8 Å². The molecule has 0 spiro atoms. The number of rotatable bonds is 1. The van der Waals surface area contributed by atoms with E-state index in [9.17, 15) is 5.11 Å². The maximum Gasteiger partial charge on any atom is 0.124 e. The maximum absolute atomic E-state index is 9.94. The molecular weight excluding hydrogens is 224 g/mol. The van der Waals surface area contributed by atoms with Gasteiger partial charge in [-0.25, -0.2) is 0 Å². The number of hydrogen-bond acceptors (Lipinski definition) is 2. The number of aryl methyl sites for hydroxylation is 1. The van der Waals surface area contributed by atoms with Gasteiger partial charge in [0.25, 0.3) is 0 Å². The zero-order valence-corrected chi connectivity index (χ0v) is 10.8. The quantitative estimate of drug-likeness (QED) is 0.810. The van der Waals surface area contributed by atoms with E-state index in [4.69, 9.17) is 5.73 Å². The van der Waals surface area contributed by atoms with Gasteiger partial charge in [-0.3, -0.25) is 0 Å². The number of phenols is 1. The van der Waals surface area contributed by atoms with Crippen LogP contribution in [0.2, 0.25) is 0 Å². The number of nitrogens with zero attached hydrogens (tertiary/aromatic N) is 1. The lowest BCUT2D eigenvalue weighted by Gasteiger charge is -2.34. The highest BCUT2D eigenvalue weighted by molar-refractivity contribution is 5.87. The fraction of sp³-hybridized carbons (Fsp3) is 0.467. The summed E-state index contributed by atoms with van der Waals surface area (Å²) < 4.78 is 2.14. The molecule has 0 radical (unpaired) electrons. The van der Waals surface area contributed by atoms with Crippen molar-refractivity contribution in [3.05, 3.63) is 30.0 Å². The van der Waals surface area contributed by atoms with Gasteiger partial charge in [0, 0.05) is 18.1 Å². The van der Waals surface area contributed by atoms with E-state index in [2.05, 4.69) is 10.6 Å². The molecule has 3 nitrogen and oxygen atoms in total. The number of benzene rings is 1. The molecular formula is C15H20N2O. The van der Waals surface area contributed by atoms with E-state index in [0.29, 0.717) is 5.75 Å². The number of hydrogen-bond donors (Lipinski definition) is 2. The third kappa shape index (κ3) is 1.62. The van der Waals surface area contributed by atoms with Crippen LogP contribution in [0.5, 0.6) is 5.75 Å². The predicted octanol–water partition coefficient (Wildman–Crippen LogP) is 3.00. The van der Waals surface area contributed by atoms with E-state index in [1.54, 1.807) is 6.07 Å². The lowest BCUT2D eigenvalue weighted by atomic mass is 9.80. The van der Waals surface area contributed by atoms with Gasteiger partial charge < -0.3 is 15.4 Å². The average Bonchev–Trinajstić information content (AvgIpc) is 2.70. The molecule has 2 aromatic rings. The number of phenolic OH excluding ortho intramolecular Hbond substituents is 1. The SMILES string of the molecule is Cn1c(C2(N)CCCCC2)cc2c(O)cccc21. The Balaban J connectivity index is 2.17. The summed E-state index contributed by atoms with van der Waals surface area (Å²) in [5.41, 5.74) is 8.58. The summed E-state index contributed by atoms with van der Waals surface area (Å²) in [5, 5.41) is 10.8. The van der Waals surface area contributed by atoms with Gasteiger partial charge in [-0.05, 0) is 31.0 Å². The van der Waals surface area contributed by atoms with Crippen LogP contribution in [0.3, 0.4) is 0 Å². The van der Waals surface area contributed by atoms with Gasteiger partial charge in [0.05, 0.1) is 11.1 Å². The molecule has 1 fully saturated rings. The van der Waals surface area contributed by atoms with Crippen molar-refractivity contribution in [2.75, 3.05) is 0 Å². The molecule has 1 aliphatic rings. The molecule has 0 amide bonds. The van der Waals surface area contributed by atoms with Crippen LogP contribution < -0.4 is 5.73 Å². The summed E-state index contributed by atoms with van der Waals surface area (Å²) in [6.45, 7) is 0. The first-order chi connectivity index (χ1) is 8.62. The topological polar surface area (TPSA) is 51.2 Å². The Labute approximate surface area is 107 Å². The zero-order chi connectivity index (χ0) is 12.8. The smallest absolute Gasteiger partial charge is 0.124 e. The maximum atomic E-state index is 9.94. The Morgan fingerprint density at radius 2 is 1.94 bits per heavy atom. The van der Waals surface area contributed by atoms with Crippen LogP contribution in [0.4, 0.5) is 0 Å². The minimum atomic E-state index is -0.224. The fourth-order valence-electron chi connectivity index (χ4n) is 3.26. The predicted molar refractivity (Wildman–Crippen MR) is 73.5 cm³/mol. The van der Waals surface area contributed by atoms with Crippen LogP contribution in [0, 0.1) is 0 Å². The Hall–Kier alpha value is -1.48. The molecule has 3 rings (SSSR count). The molecule has 0 bridgehead atoms. The highest BCUT2D eigenvalue weighted by Gasteiger charge is 2.32. The molecule has 3 heteroatoms. The monoisotopic (exact) mass is 244 g/mol. The van der Waals surface area contributed by atoms with Crippen molar-refractivity contribution in [1.82, 2.24) is 4.57 Å². The number of nitrogens with two attached hydrogens (primary N) is 1. The molecule has 18 heavy (non-hydrogen) atoms. The van der Waals surface area contributed by atoms with E-state index < -0.39 is 0 Å². The number of aromatic nitrogens is 1. The standard InChI is InChI=1S/C15H20N2O/c1-17-12-6-5-7-13(18)11(12)10-14(17)15(16)8-3-2-4-9-15/h5-7,10,18H,2-4,8-9,16H2,1H3. The molecule has 0 atom stereocenters. The zero-order valence-electron chi connectivity index (χ0n) is 10.8. The Kier molecular flexibility index (Phi) is 2.59. The summed E-state index contributed by atoms with van der Waals surface area (Å²) in [6, 6.07) is 7.71. The Morgan fingerprint density at radius 1 is 1.22 bits per heavy atom. The number of fused-ring (bicyclic) bond motifs is 1. The first-order valence-electron chi connectivity index (χ1n) is 6.69. The van der Waals surface area contributed by atoms with Gasteiger partial charge in [-0.15, -0.1) is 0 Å². The molecule has 0 unspecified atom stereocenters. The van der Waals surface area contributed by atoms with Crippen LogP contribution in [0.15, 0.2) is 24.3 Å². The van der Waals surface area contributed by atoms with Gasteiger partial charge in [0.15, 0.2) is 0 Å².